The molecule has 1 N–H and O–H groups in total. The molecule has 5 rings (SSSR count). The fraction of sp³-hybridized carbons (Fsp3) is 0.304. The van der Waals surface area contributed by atoms with Crippen LogP contribution in [0.25, 0.3) is 11.1 Å². The first-order valence-corrected chi connectivity index (χ1v) is 9.61. The minimum Gasteiger partial charge on any atom is -0.478 e. The van der Waals surface area contributed by atoms with E-state index < -0.39 is 5.97 Å². The summed E-state index contributed by atoms with van der Waals surface area (Å²) < 4.78 is 5.71. The van der Waals surface area contributed by atoms with Crippen molar-refractivity contribution in [3.63, 3.8) is 0 Å². The van der Waals surface area contributed by atoms with Crippen molar-refractivity contribution in [2.45, 2.75) is 18.8 Å². The molecule has 0 aromatic heterocycles. The molecule has 1 amide bonds. The van der Waals surface area contributed by atoms with Crippen LogP contribution in [0.3, 0.4) is 0 Å². The summed E-state index contributed by atoms with van der Waals surface area (Å²) in [5, 5.41) is 9.04. The third kappa shape index (κ3) is 2.61. The number of carboxylic acids is 1. The molecule has 0 radical (unpaired) electrons. The Morgan fingerprint density at radius 3 is 2.29 bits per heavy atom. The number of benzene rings is 2. The zero-order valence-corrected chi connectivity index (χ0v) is 15.4. The summed E-state index contributed by atoms with van der Waals surface area (Å²) in [6.45, 7) is 1.47. The highest BCUT2D eigenvalue weighted by Gasteiger charge is 2.46. The summed E-state index contributed by atoms with van der Waals surface area (Å²) in [6, 6.07) is 16.5. The van der Waals surface area contributed by atoms with Gasteiger partial charge in [0.2, 0.25) is 0 Å². The van der Waals surface area contributed by atoms with Gasteiger partial charge in [-0.25, -0.2) is 9.59 Å². The maximum absolute atomic E-state index is 12.6. The summed E-state index contributed by atoms with van der Waals surface area (Å²) in [4.78, 5) is 25.4. The average Bonchev–Trinajstić information content (AvgIpc) is 3.26. The van der Waals surface area contributed by atoms with Gasteiger partial charge in [-0.15, -0.1) is 0 Å². The molecule has 0 bridgehead atoms. The molecule has 1 unspecified atom stereocenters. The molecule has 142 valence electrons. The van der Waals surface area contributed by atoms with E-state index in [1.54, 1.807) is 4.90 Å². The van der Waals surface area contributed by atoms with E-state index in [4.69, 9.17) is 9.84 Å². The van der Waals surface area contributed by atoms with Gasteiger partial charge in [-0.05, 0) is 35.1 Å². The Balaban J connectivity index is 1.27. The van der Waals surface area contributed by atoms with Gasteiger partial charge in [0.15, 0.2) is 0 Å². The molecule has 5 heteroatoms. The maximum atomic E-state index is 12.6. The fourth-order valence-electron chi connectivity index (χ4n) is 4.86. The highest BCUT2D eigenvalue weighted by atomic mass is 16.6. The molecule has 1 saturated heterocycles. The van der Waals surface area contributed by atoms with Gasteiger partial charge in [-0.3, -0.25) is 0 Å². The molecule has 1 aliphatic heterocycles. The first kappa shape index (κ1) is 17.0. The summed E-state index contributed by atoms with van der Waals surface area (Å²) in [6.07, 6.45) is 2.84. The summed E-state index contributed by atoms with van der Waals surface area (Å²) >= 11 is 0. The zero-order valence-electron chi connectivity index (χ0n) is 15.4. The molecule has 1 fully saturated rings. The van der Waals surface area contributed by atoms with E-state index >= 15 is 0 Å². The van der Waals surface area contributed by atoms with Crippen LogP contribution in [0.4, 0.5) is 4.79 Å². The SMILES string of the molecule is O=C(O)C1=CC2(CCN(C(=O)OCC3c4ccccc4-c4ccccc43)C2)C1. The molecular formula is C23H21NO4. The van der Waals surface area contributed by atoms with Crippen molar-refractivity contribution in [3.8, 4) is 11.1 Å². The molecule has 2 aromatic rings. The second-order valence-electron chi connectivity index (χ2n) is 7.99. The Labute approximate surface area is 163 Å². The molecule has 28 heavy (non-hydrogen) atoms. The highest BCUT2D eigenvalue weighted by Crippen LogP contribution is 2.47. The van der Waals surface area contributed by atoms with Gasteiger partial charge in [-0.1, -0.05) is 54.6 Å². The Morgan fingerprint density at radius 1 is 1.07 bits per heavy atom. The standard InChI is InChI=1S/C23H21NO4/c25-21(26)15-11-23(12-15)9-10-24(14-23)22(27)28-13-20-18-7-3-1-5-16(18)17-6-2-4-8-19(17)20/h1-8,11,20H,9-10,12-14H2,(H,25,26). The zero-order chi connectivity index (χ0) is 19.3. The number of carbonyl (C=O) groups is 2. The molecule has 3 aliphatic rings. The fourth-order valence-corrected chi connectivity index (χ4v) is 4.86. The average molecular weight is 375 g/mol. The monoisotopic (exact) mass is 375 g/mol. The molecule has 1 spiro atoms. The predicted octanol–water partition coefficient (Wildman–Crippen LogP) is 4.04. The van der Waals surface area contributed by atoms with E-state index in [-0.39, 0.29) is 17.4 Å². The number of hydrogen-bond acceptors (Lipinski definition) is 3. The lowest BCUT2D eigenvalue weighted by atomic mass is 9.70. The van der Waals surface area contributed by atoms with E-state index in [2.05, 4.69) is 24.3 Å². The first-order valence-electron chi connectivity index (χ1n) is 9.61. The normalized spacial score (nSPS) is 22.4. The summed E-state index contributed by atoms with van der Waals surface area (Å²) in [5.74, 6) is -0.805. The maximum Gasteiger partial charge on any atom is 0.409 e. The molecule has 0 saturated carbocycles. The molecule has 1 atom stereocenters. The van der Waals surface area contributed by atoms with Crippen LogP contribution in [0.5, 0.6) is 0 Å². The van der Waals surface area contributed by atoms with Crippen LogP contribution < -0.4 is 0 Å². The number of carboxylic acid groups (broad SMARTS) is 1. The molecule has 2 aliphatic carbocycles. The van der Waals surface area contributed by atoms with E-state index in [9.17, 15) is 9.59 Å². The predicted molar refractivity (Wildman–Crippen MR) is 104 cm³/mol. The number of nitrogens with zero attached hydrogens (tertiary/aromatic N) is 1. The van der Waals surface area contributed by atoms with Crippen molar-refractivity contribution in [3.05, 3.63) is 71.3 Å². The topological polar surface area (TPSA) is 66.8 Å². The number of likely N-dealkylation sites (tertiary alicyclic amines) is 1. The first-order chi connectivity index (χ1) is 13.6. The largest absolute Gasteiger partial charge is 0.478 e. The van der Waals surface area contributed by atoms with Crippen molar-refractivity contribution in [2.75, 3.05) is 19.7 Å². The lowest BCUT2D eigenvalue weighted by Gasteiger charge is -2.34. The van der Waals surface area contributed by atoms with Crippen LogP contribution in [0, 0.1) is 5.41 Å². The Bertz CT molecular complexity index is 966. The van der Waals surface area contributed by atoms with Crippen molar-refractivity contribution in [1.82, 2.24) is 4.90 Å². The summed E-state index contributed by atoms with van der Waals surface area (Å²) in [7, 11) is 0. The van der Waals surface area contributed by atoms with E-state index in [0.717, 1.165) is 6.42 Å². The number of ether oxygens (including phenoxy) is 1. The second kappa shape index (κ2) is 6.23. The minimum atomic E-state index is -0.856. The Hall–Kier alpha value is -3.08. The number of carbonyl (C=O) groups excluding carboxylic acids is 1. The van der Waals surface area contributed by atoms with Gasteiger partial charge in [0.1, 0.15) is 6.61 Å². The van der Waals surface area contributed by atoms with Gasteiger partial charge in [0.25, 0.3) is 0 Å². The third-order valence-corrected chi connectivity index (χ3v) is 6.28. The molecular weight excluding hydrogens is 354 g/mol. The van der Waals surface area contributed by atoms with Crippen molar-refractivity contribution in [1.29, 1.82) is 0 Å². The van der Waals surface area contributed by atoms with Crippen LogP contribution in [-0.4, -0.2) is 41.8 Å². The van der Waals surface area contributed by atoms with Crippen molar-refractivity contribution >= 4 is 12.1 Å². The number of rotatable bonds is 3. The van der Waals surface area contributed by atoms with Crippen molar-refractivity contribution in [2.24, 2.45) is 5.41 Å². The van der Waals surface area contributed by atoms with Gasteiger partial charge in [-0.2, -0.15) is 0 Å². The number of fused-ring (bicyclic) bond motifs is 3. The van der Waals surface area contributed by atoms with E-state index in [1.807, 2.05) is 30.3 Å². The number of amides is 1. The Morgan fingerprint density at radius 2 is 1.68 bits per heavy atom. The Kier molecular flexibility index (Phi) is 3.79. The smallest absolute Gasteiger partial charge is 0.409 e. The molecule has 1 heterocycles. The lowest BCUT2D eigenvalue weighted by molar-refractivity contribution is -0.133. The quantitative estimate of drug-likeness (QED) is 0.879. The van der Waals surface area contributed by atoms with Gasteiger partial charge < -0.3 is 14.7 Å². The van der Waals surface area contributed by atoms with Crippen LogP contribution in [0.2, 0.25) is 0 Å². The van der Waals surface area contributed by atoms with Gasteiger partial charge in [0, 0.05) is 30.0 Å². The van der Waals surface area contributed by atoms with Crippen LogP contribution >= 0.6 is 0 Å². The van der Waals surface area contributed by atoms with Crippen molar-refractivity contribution < 1.29 is 19.4 Å². The lowest BCUT2D eigenvalue weighted by Crippen LogP contribution is -2.36. The summed E-state index contributed by atoms with van der Waals surface area (Å²) in [5.41, 5.74) is 5.10. The van der Waals surface area contributed by atoms with Crippen LogP contribution in [0.1, 0.15) is 29.9 Å². The van der Waals surface area contributed by atoms with Gasteiger partial charge >= 0.3 is 12.1 Å². The van der Waals surface area contributed by atoms with Gasteiger partial charge in [0.05, 0.1) is 0 Å². The number of aliphatic carboxylic acids is 1. The number of hydrogen-bond donors (Lipinski definition) is 1. The van der Waals surface area contributed by atoms with Crippen LogP contribution in [-0.2, 0) is 9.53 Å². The molecule has 5 nitrogen and oxygen atoms in total. The minimum absolute atomic E-state index is 0.0510. The highest BCUT2D eigenvalue weighted by molar-refractivity contribution is 5.89. The van der Waals surface area contributed by atoms with E-state index in [1.165, 1.54) is 22.3 Å². The third-order valence-electron chi connectivity index (χ3n) is 6.28. The molecule has 2 aromatic carbocycles. The second-order valence-corrected chi connectivity index (χ2v) is 7.99. The van der Waals surface area contributed by atoms with Crippen LogP contribution in [0.15, 0.2) is 60.2 Å². The van der Waals surface area contributed by atoms with E-state index in [0.29, 0.717) is 31.7 Å².